The van der Waals surface area contributed by atoms with Gasteiger partial charge in [-0.3, -0.25) is 4.79 Å². The first-order valence-electron chi connectivity index (χ1n) is 3.72. The predicted octanol–water partition coefficient (Wildman–Crippen LogP) is 1.43. The highest BCUT2D eigenvalue weighted by Gasteiger charge is 2.17. The summed E-state index contributed by atoms with van der Waals surface area (Å²) in [6.45, 7) is -0.240. The molecule has 0 fully saturated rings. The summed E-state index contributed by atoms with van der Waals surface area (Å²) in [6, 6.07) is 0.587. The first-order chi connectivity index (χ1) is 6.60. The molecule has 1 heterocycles. The Morgan fingerprint density at radius 1 is 1.57 bits per heavy atom. The number of halogens is 3. The van der Waals surface area contributed by atoms with E-state index < -0.39 is 23.5 Å². The molecular formula is C8H7F3N2O. The number of aromatic nitrogens is 1. The Morgan fingerprint density at radius 2 is 2.21 bits per heavy atom. The highest BCUT2D eigenvalue weighted by Crippen LogP contribution is 2.22. The van der Waals surface area contributed by atoms with Crippen LogP contribution >= 0.6 is 0 Å². The number of pyridine rings is 1. The van der Waals surface area contributed by atoms with Crippen LogP contribution in [-0.4, -0.2) is 11.3 Å². The molecule has 76 valence electrons. The van der Waals surface area contributed by atoms with Crippen molar-refractivity contribution in [2.45, 2.75) is 13.0 Å². The van der Waals surface area contributed by atoms with E-state index in [0.717, 1.165) is 0 Å². The maximum absolute atomic E-state index is 12.9. The number of hydrogen-bond donors (Lipinski definition) is 1. The van der Waals surface area contributed by atoms with E-state index in [2.05, 4.69) is 4.98 Å². The van der Waals surface area contributed by atoms with Crippen LogP contribution in [0.2, 0.25) is 0 Å². The molecule has 6 heteroatoms. The third-order valence-electron chi connectivity index (χ3n) is 1.65. The van der Waals surface area contributed by atoms with Crippen LogP contribution in [0.1, 0.15) is 28.2 Å². The minimum absolute atomic E-state index is 0.153. The van der Waals surface area contributed by atoms with Crippen molar-refractivity contribution in [1.29, 1.82) is 0 Å². The van der Waals surface area contributed by atoms with Gasteiger partial charge in [-0.25, -0.2) is 18.2 Å². The van der Waals surface area contributed by atoms with Gasteiger partial charge in [0.05, 0.1) is 5.69 Å². The van der Waals surface area contributed by atoms with Crippen molar-refractivity contribution < 1.29 is 18.0 Å². The molecule has 14 heavy (non-hydrogen) atoms. The van der Waals surface area contributed by atoms with Crippen LogP contribution in [0.25, 0.3) is 0 Å². The lowest BCUT2D eigenvalue weighted by molar-refractivity contribution is 0.110. The van der Waals surface area contributed by atoms with E-state index in [4.69, 9.17) is 5.73 Å². The number of alkyl halides is 2. The summed E-state index contributed by atoms with van der Waals surface area (Å²) >= 11 is 0. The largest absolute Gasteiger partial charge is 0.325 e. The zero-order valence-corrected chi connectivity index (χ0v) is 7.01. The van der Waals surface area contributed by atoms with Gasteiger partial charge in [-0.05, 0) is 6.07 Å². The Labute approximate surface area is 77.7 Å². The fourth-order valence-corrected chi connectivity index (χ4v) is 0.969. The molecule has 1 aromatic rings. The van der Waals surface area contributed by atoms with E-state index in [-0.39, 0.29) is 18.5 Å². The quantitative estimate of drug-likeness (QED) is 0.757. The van der Waals surface area contributed by atoms with Crippen LogP contribution in [0.3, 0.4) is 0 Å². The molecule has 1 rings (SSSR count). The first kappa shape index (κ1) is 10.6. The van der Waals surface area contributed by atoms with E-state index in [1.54, 1.807) is 0 Å². The van der Waals surface area contributed by atoms with Crippen LogP contribution in [0.4, 0.5) is 13.2 Å². The van der Waals surface area contributed by atoms with Crippen LogP contribution in [0, 0.1) is 5.82 Å². The number of carbonyl (C=O) groups excluding carboxylic acids is 1. The van der Waals surface area contributed by atoms with E-state index >= 15 is 0 Å². The fourth-order valence-electron chi connectivity index (χ4n) is 0.969. The molecule has 3 nitrogen and oxygen atoms in total. The molecule has 0 saturated carbocycles. The molecule has 0 aliphatic rings. The molecule has 1 aromatic heterocycles. The highest BCUT2D eigenvalue weighted by atomic mass is 19.3. The monoisotopic (exact) mass is 204 g/mol. The molecule has 0 bridgehead atoms. The van der Waals surface area contributed by atoms with Crippen molar-refractivity contribution in [3.8, 4) is 0 Å². The van der Waals surface area contributed by atoms with Crippen molar-refractivity contribution in [1.82, 2.24) is 4.98 Å². The second-order valence-corrected chi connectivity index (χ2v) is 2.51. The lowest BCUT2D eigenvalue weighted by atomic mass is 10.2. The third-order valence-corrected chi connectivity index (χ3v) is 1.65. The Morgan fingerprint density at radius 3 is 2.64 bits per heavy atom. The minimum Gasteiger partial charge on any atom is -0.325 e. The predicted molar refractivity (Wildman–Crippen MR) is 42.4 cm³/mol. The normalized spacial score (nSPS) is 10.6. The summed E-state index contributed by atoms with van der Waals surface area (Å²) in [6.07, 6.45) is -2.77. The van der Waals surface area contributed by atoms with Gasteiger partial charge in [-0.2, -0.15) is 0 Å². The zero-order valence-electron chi connectivity index (χ0n) is 7.01. The van der Waals surface area contributed by atoms with Gasteiger partial charge in [-0.1, -0.05) is 0 Å². The van der Waals surface area contributed by atoms with Crippen molar-refractivity contribution in [3.63, 3.8) is 0 Å². The molecule has 0 aliphatic heterocycles. The molecule has 0 amide bonds. The maximum Gasteiger partial charge on any atom is 0.266 e. The SMILES string of the molecule is NCc1nc(C=O)c(C(F)F)cc1F. The summed E-state index contributed by atoms with van der Waals surface area (Å²) in [5.41, 5.74) is 3.71. The van der Waals surface area contributed by atoms with Crippen LogP contribution in [0.15, 0.2) is 6.07 Å². The highest BCUT2D eigenvalue weighted by molar-refractivity contribution is 5.74. The second kappa shape index (κ2) is 4.19. The molecule has 0 unspecified atom stereocenters. The molecule has 0 atom stereocenters. The van der Waals surface area contributed by atoms with Crippen molar-refractivity contribution in [3.05, 3.63) is 28.8 Å². The second-order valence-electron chi connectivity index (χ2n) is 2.51. The Bertz CT molecular complexity index is 355. The molecule has 0 saturated heterocycles. The van der Waals surface area contributed by atoms with Crippen LogP contribution in [-0.2, 0) is 6.54 Å². The van der Waals surface area contributed by atoms with Gasteiger partial charge in [-0.15, -0.1) is 0 Å². The molecule has 0 aromatic carbocycles. The molecule has 0 aliphatic carbocycles. The number of rotatable bonds is 3. The van der Waals surface area contributed by atoms with E-state index in [9.17, 15) is 18.0 Å². The van der Waals surface area contributed by atoms with Crippen molar-refractivity contribution in [2.75, 3.05) is 0 Å². The summed E-state index contributed by atoms with van der Waals surface area (Å²) in [5, 5.41) is 0. The Hall–Kier alpha value is -1.43. The Kier molecular flexibility index (Phi) is 3.19. The standard InChI is InChI=1S/C8H7F3N2O/c9-5-1-4(8(10)11)7(3-14)13-6(5)2-12/h1,3,8H,2,12H2. The lowest BCUT2D eigenvalue weighted by Crippen LogP contribution is -2.08. The molecule has 0 radical (unpaired) electrons. The van der Waals surface area contributed by atoms with Crippen LogP contribution < -0.4 is 5.73 Å². The van der Waals surface area contributed by atoms with Gasteiger partial charge in [0, 0.05) is 12.1 Å². The molecular weight excluding hydrogens is 197 g/mol. The zero-order chi connectivity index (χ0) is 10.7. The summed E-state index contributed by atoms with van der Waals surface area (Å²) in [5.74, 6) is -0.923. The van der Waals surface area contributed by atoms with Gasteiger partial charge >= 0.3 is 0 Å². The number of aldehydes is 1. The summed E-state index contributed by atoms with van der Waals surface area (Å²) < 4.78 is 37.4. The van der Waals surface area contributed by atoms with Gasteiger partial charge < -0.3 is 5.73 Å². The van der Waals surface area contributed by atoms with Crippen molar-refractivity contribution >= 4 is 6.29 Å². The lowest BCUT2D eigenvalue weighted by Gasteiger charge is -2.05. The fraction of sp³-hybridized carbons (Fsp3) is 0.250. The third kappa shape index (κ3) is 1.90. The number of hydrogen-bond acceptors (Lipinski definition) is 3. The van der Waals surface area contributed by atoms with E-state index in [1.165, 1.54) is 0 Å². The topological polar surface area (TPSA) is 56.0 Å². The minimum atomic E-state index is -2.93. The van der Waals surface area contributed by atoms with Gasteiger partial charge in [0.15, 0.2) is 6.29 Å². The number of nitrogens with two attached hydrogens (primary N) is 1. The van der Waals surface area contributed by atoms with Gasteiger partial charge in [0.1, 0.15) is 11.5 Å². The summed E-state index contributed by atoms with van der Waals surface area (Å²) in [7, 11) is 0. The van der Waals surface area contributed by atoms with Gasteiger partial charge in [0.2, 0.25) is 0 Å². The average molecular weight is 204 g/mol. The molecule has 0 spiro atoms. The first-order valence-corrected chi connectivity index (χ1v) is 3.72. The van der Waals surface area contributed by atoms with E-state index in [0.29, 0.717) is 6.07 Å². The van der Waals surface area contributed by atoms with E-state index in [1.807, 2.05) is 0 Å². The maximum atomic E-state index is 12.9. The van der Waals surface area contributed by atoms with Gasteiger partial charge in [0.25, 0.3) is 6.43 Å². The Balaban J connectivity index is 3.31. The number of carbonyl (C=O) groups is 1. The smallest absolute Gasteiger partial charge is 0.266 e. The average Bonchev–Trinajstić information content (AvgIpc) is 2.17. The van der Waals surface area contributed by atoms with Crippen molar-refractivity contribution in [2.24, 2.45) is 5.73 Å². The number of nitrogens with zero attached hydrogens (tertiary/aromatic N) is 1. The summed E-state index contributed by atoms with van der Waals surface area (Å²) in [4.78, 5) is 13.7. The van der Waals surface area contributed by atoms with Crippen LogP contribution in [0.5, 0.6) is 0 Å². The molecule has 2 N–H and O–H groups in total.